The molecular weight excluding hydrogens is 459 g/mol. The van der Waals surface area contributed by atoms with E-state index in [9.17, 15) is 0 Å². The fourth-order valence-electron chi connectivity index (χ4n) is 5.57. The monoisotopic (exact) mass is 479 g/mol. The van der Waals surface area contributed by atoms with Crippen molar-refractivity contribution < 1.29 is 4.74 Å². The maximum Gasteiger partial charge on any atom is 0.198 e. The van der Waals surface area contributed by atoms with Gasteiger partial charge in [0.25, 0.3) is 0 Å². The quantitative estimate of drug-likeness (QED) is 0.248. The lowest BCUT2D eigenvalue weighted by Crippen LogP contribution is -2.42. The highest BCUT2D eigenvalue weighted by Crippen LogP contribution is 2.52. The van der Waals surface area contributed by atoms with Crippen molar-refractivity contribution in [3.05, 3.63) is 103 Å². The van der Waals surface area contributed by atoms with Crippen LogP contribution in [0.25, 0.3) is 11.1 Å². The topological polar surface area (TPSA) is 24.5 Å². The average Bonchev–Trinajstić information content (AvgIpc) is 2.91. The summed E-state index contributed by atoms with van der Waals surface area (Å²) in [7, 11) is 2.32. The zero-order chi connectivity index (χ0) is 23.8. The summed E-state index contributed by atoms with van der Waals surface area (Å²) in [6.07, 6.45) is 0. The van der Waals surface area contributed by atoms with Crippen LogP contribution in [0.3, 0.4) is 0 Å². The van der Waals surface area contributed by atoms with Gasteiger partial charge in [0, 0.05) is 21.0 Å². The Morgan fingerprint density at radius 2 is 1.56 bits per heavy atom. The molecule has 0 aromatic heterocycles. The van der Waals surface area contributed by atoms with Crippen molar-refractivity contribution in [1.29, 1.82) is 0 Å². The first-order valence-electron chi connectivity index (χ1n) is 12.1. The number of rotatable bonds is 1. The number of ether oxygens (including phenoxy) is 1. The molecular formula is C31H20BN2OS. The first-order chi connectivity index (χ1) is 17.7. The molecule has 3 nitrogen and oxygen atoms in total. The Balaban J connectivity index is 1.37. The van der Waals surface area contributed by atoms with Gasteiger partial charge >= 0.3 is 0 Å². The Kier molecular flexibility index (Phi) is 4.17. The van der Waals surface area contributed by atoms with E-state index in [0.29, 0.717) is 0 Å². The largest absolute Gasteiger partial charge is 0.453 e. The molecule has 3 aliphatic heterocycles. The Labute approximate surface area is 215 Å². The van der Waals surface area contributed by atoms with Crippen LogP contribution in [0.15, 0.2) is 107 Å². The number of hydrogen-bond acceptors (Lipinski definition) is 4. The molecule has 169 valence electrons. The normalized spacial score (nSPS) is 13.6. The number of para-hydroxylation sites is 5. The number of anilines is 5. The van der Waals surface area contributed by atoms with Gasteiger partial charge in [0.1, 0.15) is 0 Å². The van der Waals surface area contributed by atoms with E-state index in [1.807, 2.05) is 23.9 Å². The molecule has 0 bridgehead atoms. The minimum Gasteiger partial charge on any atom is -0.453 e. The number of aryl methyl sites for hydroxylation is 1. The summed E-state index contributed by atoms with van der Waals surface area (Å²) in [5, 5.41) is 3.75. The van der Waals surface area contributed by atoms with Crippen LogP contribution < -0.4 is 25.9 Å². The molecule has 0 spiro atoms. The van der Waals surface area contributed by atoms with Crippen molar-refractivity contribution in [2.75, 3.05) is 10.2 Å². The zero-order valence-electron chi connectivity index (χ0n) is 19.6. The van der Waals surface area contributed by atoms with Gasteiger partial charge in [-0.05, 0) is 66.0 Å². The fourth-order valence-corrected chi connectivity index (χ4v) is 6.59. The molecule has 1 N–H and O–H groups in total. The van der Waals surface area contributed by atoms with Crippen molar-refractivity contribution in [3.63, 3.8) is 0 Å². The second-order valence-electron chi connectivity index (χ2n) is 9.39. The van der Waals surface area contributed by atoms with Gasteiger partial charge in [-0.15, -0.1) is 0 Å². The molecule has 0 fully saturated rings. The Morgan fingerprint density at radius 3 is 2.53 bits per heavy atom. The Morgan fingerprint density at radius 1 is 0.750 bits per heavy atom. The summed E-state index contributed by atoms with van der Waals surface area (Å²) in [5.41, 5.74) is 11.7. The van der Waals surface area contributed by atoms with Gasteiger partial charge < -0.3 is 15.0 Å². The van der Waals surface area contributed by atoms with Crippen LogP contribution in [-0.4, -0.2) is 7.28 Å². The molecule has 3 aliphatic rings. The molecule has 8 rings (SSSR count). The summed E-state index contributed by atoms with van der Waals surface area (Å²) in [6.45, 7) is 2.18. The third-order valence-corrected chi connectivity index (χ3v) is 8.24. The van der Waals surface area contributed by atoms with Gasteiger partial charge in [-0.3, -0.25) is 0 Å². The van der Waals surface area contributed by atoms with Crippen LogP contribution in [0.1, 0.15) is 5.56 Å². The zero-order valence-corrected chi connectivity index (χ0v) is 20.4. The predicted octanol–water partition coefficient (Wildman–Crippen LogP) is 7.41. The highest BCUT2D eigenvalue weighted by atomic mass is 32.2. The van der Waals surface area contributed by atoms with Crippen molar-refractivity contribution in [2.45, 2.75) is 16.7 Å². The molecule has 0 unspecified atom stereocenters. The van der Waals surface area contributed by atoms with Gasteiger partial charge in [0.05, 0.1) is 22.7 Å². The summed E-state index contributed by atoms with van der Waals surface area (Å²) >= 11 is 1.83. The fraction of sp³-hybridized carbons (Fsp3) is 0.0323. The lowest BCUT2D eigenvalue weighted by molar-refractivity contribution is 0.477. The lowest BCUT2D eigenvalue weighted by atomic mass is 9.58. The van der Waals surface area contributed by atoms with Crippen LogP contribution in [-0.2, 0) is 0 Å². The molecule has 0 saturated carbocycles. The summed E-state index contributed by atoms with van der Waals surface area (Å²) in [5.74, 6) is 1.77. The summed E-state index contributed by atoms with van der Waals surface area (Å²) in [4.78, 5) is 4.88. The second-order valence-corrected chi connectivity index (χ2v) is 10.5. The number of nitrogens with one attached hydrogen (secondary N) is 1. The van der Waals surface area contributed by atoms with Crippen LogP contribution in [0.5, 0.6) is 11.5 Å². The van der Waals surface area contributed by atoms with Crippen LogP contribution in [0.2, 0.25) is 0 Å². The molecule has 0 aliphatic carbocycles. The van der Waals surface area contributed by atoms with Crippen LogP contribution in [0.4, 0.5) is 28.4 Å². The standard InChI is InChI=1S/C31H20BN2OS/c1-18-16-20(19-8-6-15-28-30(19)33-22-10-2-5-14-27(22)36-28)29-24(17-18)34-23-11-3-4-12-25(23)35-26-13-7-9-21(32-29)31(26)34/h2-17,33H,1H3. The Hall–Kier alpha value is -4.09. The summed E-state index contributed by atoms with van der Waals surface area (Å²) < 4.78 is 6.32. The first kappa shape index (κ1) is 20.1. The van der Waals surface area contributed by atoms with E-state index in [0.717, 1.165) is 34.0 Å². The molecule has 1 radical (unpaired) electrons. The van der Waals surface area contributed by atoms with Crippen LogP contribution in [0, 0.1) is 6.92 Å². The SMILES string of the molecule is Cc1cc(-c2cccc3c2Nc2ccccc2S3)c2c(c1)N1c3ccccc3Oc3cccc(c31)[B]2. The van der Waals surface area contributed by atoms with E-state index in [1.54, 1.807) is 0 Å². The number of hydrogen-bond donors (Lipinski definition) is 1. The first-order valence-corrected chi connectivity index (χ1v) is 12.9. The molecule has 5 aromatic carbocycles. The molecule has 0 amide bonds. The van der Waals surface area contributed by atoms with E-state index < -0.39 is 0 Å². The smallest absolute Gasteiger partial charge is 0.198 e. The molecule has 5 aromatic rings. The van der Waals surface area contributed by atoms with E-state index in [2.05, 4.69) is 109 Å². The predicted molar refractivity (Wildman–Crippen MR) is 150 cm³/mol. The van der Waals surface area contributed by atoms with Crippen molar-refractivity contribution in [3.8, 4) is 22.6 Å². The highest BCUT2D eigenvalue weighted by molar-refractivity contribution is 7.99. The molecule has 5 heteroatoms. The maximum atomic E-state index is 6.32. The van der Waals surface area contributed by atoms with Gasteiger partial charge in [0.15, 0.2) is 18.8 Å². The van der Waals surface area contributed by atoms with Crippen molar-refractivity contribution >= 4 is 58.4 Å². The van der Waals surface area contributed by atoms with E-state index >= 15 is 0 Å². The number of fused-ring (bicyclic) bond motifs is 6. The molecule has 0 saturated heterocycles. The second kappa shape index (κ2) is 7.46. The van der Waals surface area contributed by atoms with E-state index in [1.165, 1.54) is 43.3 Å². The van der Waals surface area contributed by atoms with Gasteiger partial charge in [0.2, 0.25) is 0 Å². The van der Waals surface area contributed by atoms with Gasteiger partial charge in [-0.25, -0.2) is 0 Å². The Bertz CT molecular complexity index is 1730. The average molecular weight is 479 g/mol. The van der Waals surface area contributed by atoms with Crippen molar-refractivity contribution in [2.24, 2.45) is 0 Å². The minimum absolute atomic E-state index is 0.879. The maximum absolute atomic E-state index is 6.32. The van der Waals surface area contributed by atoms with E-state index in [-0.39, 0.29) is 0 Å². The lowest BCUT2D eigenvalue weighted by Gasteiger charge is -2.39. The third kappa shape index (κ3) is 2.84. The summed E-state index contributed by atoms with van der Waals surface area (Å²) in [6, 6.07) is 34.4. The molecule has 0 atom stereocenters. The van der Waals surface area contributed by atoms with Gasteiger partial charge in [-0.1, -0.05) is 71.8 Å². The third-order valence-electron chi connectivity index (χ3n) is 7.11. The highest BCUT2D eigenvalue weighted by Gasteiger charge is 2.34. The number of benzene rings is 5. The number of nitrogens with zero attached hydrogens (tertiary/aromatic N) is 1. The van der Waals surface area contributed by atoms with Crippen molar-refractivity contribution in [1.82, 2.24) is 0 Å². The van der Waals surface area contributed by atoms with Crippen LogP contribution >= 0.6 is 11.8 Å². The van der Waals surface area contributed by atoms with E-state index in [4.69, 9.17) is 4.74 Å². The minimum atomic E-state index is 0.879. The molecule has 3 heterocycles. The van der Waals surface area contributed by atoms with Gasteiger partial charge in [-0.2, -0.15) is 0 Å². The molecule has 36 heavy (non-hydrogen) atoms.